The lowest BCUT2D eigenvalue weighted by Gasteiger charge is -2.28. The average molecular weight is 709 g/mol. The Balaban J connectivity index is 1.54. The molecule has 0 aliphatic carbocycles. The van der Waals surface area contributed by atoms with Crippen molar-refractivity contribution in [3.8, 4) is 17.2 Å². The minimum Gasteiger partial charge on any atom is -0.497 e. The molecule has 0 saturated carbocycles. The lowest BCUT2D eigenvalue weighted by Crippen LogP contribution is -2.37. The van der Waals surface area contributed by atoms with E-state index in [2.05, 4.69) is 36.2 Å². The SMILES string of the molecule is COc1cc(NC(C(=O)N2CCc3cc(F)c(C(F)(F)F)cc32)c2ccc(Cl)cc2OCCO[S+](C)C(C)(C)C)cc(-n2cncn2)c1. The number of hydrogen-bond acceptors (Lipinski definition) is 7. The van der Waals surface area contributed by atoms with Gasteiger partial charge in [-0.25, -0.2) is 14.1 Å². The normalized spacial score (nSPS) is 14.4. The van der Waals surface area contributed by atoms with E-state index in [1.54, 1.807) is 36.4 Å². The number of benzene rings is 3. The van der Waals surface area contributed by atoms with Crippen LogP contribution in [-0.4, -0.2) is 58.5 Å². The number of nitrogens with zero attached hydrogens (tertiary/aromatic N) is 4. The van der Waals surface area contributed by atoms with E-state index in [0.717, 1.165) is 6.07 Å². The van der Waals surface area contributed by atoms with Crippen molar-refractivity contribution in [2.75, 3.05) is 43.3 Å². The van der Waals surface area contributed by atoms with Crippen molar-refractivity contribution in [3.63, 3.8) is 0 Å². The van der Waals surface area contributed by atoms with E-state index in [9.17, 15) is 22.4 Å². The molecule has 0 radical (unpaired) electrons. The average Bonchev–Trinajstić information content (AvgIpc) is 3.71. The van der Waals surface area contributed by atoms with Crippen LogP contribution in [0.3, 0.4) is 0 Å². The number of nitrogens with one attached hydrogen (secondary N) is 1. The molecule has 256 valence electrons. The smallest absolute Gasteiger partial charge is 0.419 e. The van der Waals surface area contributed by atoms with Gasteiger partial charge in [-0.05, 0) is 63.1 Å². The fourth-order valence-electron chi connectivity index (χ4n) is 5.07. The Labute approximate surface area is 283 Å². The van der Waals surface area contributed by atoms with Gasteiger partial charge in [0.25, 0.3) is 5.91 Å². The second-order valence-electron chi connectivity index (χ2n) is 12.0. The van der Waals surface area contributed by atoms with Crippen molar-refractivity contribution >= 4 is 40.1 Å². The molecule has 0 saturated heterocycles. The van der Waals surface area contributed by atoms with Crippen molar-refractivity contribution in [2.45, 2.75) is 44.2 Å². The molecule has 0 bridgehead atoms. The third kappa shape index (κ3) is 7.99. The van der Waals surface area contributed by atoms with Gasteiger partial charge in [0.1, 0.15) is 66.7 Å². The molecule has 2 unspecified atom stereocenters. The van der Waals surface area contributed by atoms with Crippen LogP contribution in [-0.2, 0) is 32.8 Å². The Kier molecular flexibility index (Phi) is 10.5. The van der Waals surface area contributed by atoms with Crippen LogP contribution in [0, 0.1) is 5.82 Å². The number of ether oxygens (including phenoxy) is 2. The lowest BCUT2D eigenvalue weighted by atomic mass is 10.0. The molecule has 48 heavy (non-hydrogen) atoms. The van der Waals surface area contributed by atoms with E-state index in [1.807, 2.05) is 6.26 Å². The first-order valence-electron chi connectivity index (χ1n) is 14.9. The first-order chi connectivity index (χ1) is 22.7. The number of amides is 1. The highest BCUT2D eigenvalue weighted by Crippen LogP contribution is 2.41. The number of alkyl halides is 3. The predicted octanol–water partition coefficient (Wildman–Crippen LogP) is 7.19. The zero-order chi connectivity index (χ0) is 34.8. The summed E-state index contributed by atoms with van der Waals surface area (Å²) in [6, 6.07) is 10.2. The molecule has 0 spiro atoms. The van der Waals surface area contributed by atoms with Crippen LogP contribution >= 0.6 is 11.6 Å². The molecule has 1 N–H and O–H groups in total. The Hall–Kier alpha value is -4.01. The summed E-state index contributed by atoms with van der Waals surface area (Å²) < 4.78 is 74.7. The number of aromatic nitrogens is 3. The van der Waals surface area contributed by atoms with Gasteiger partial charge in [-0.1, -0.05) is 17.7 Å². The quantitative estimate of drug-likeness (QED) is 0.100. The first kappa shape index (κ1) is 35.3. The van der Waals surface area contributed by atoms with Crippen molar-refractivity contribution in [1.82, 2.24) is 14.8 Å². The summed E-state index contributed by atoms with van der Waals surface area (Å²) in [6.07, 6.45) is 0.0813. The predicted molar refractivity (Wildman–Crippen MR) is 178 cm³/mol. The highest BCUT2D eigenvalue weighted by Gasteiger charge is 2.39. The van der Waals surface area contributed by atoms with Crippen molar-refractivity contribution in [1.29, 1.82) is 0 Å². The Morgan fingerprint density at radius 1 is 1.10 bits per heavy atom. The lowest BCUT2D eigenvalue weighted by molar-refractivity contribution is -0.140. The van der Waals surface area contributed by atoms with Gasteiger partial charge in [-0.15, -0.1) is 0 Å². The van der Waals surface area contributed by atoms with Crippen LogP contribution in [0.2, 0.25) is 5.02 Å². The molecule has 1 aliphatic heterocycles. The van der Waals surface area contributed by atoms with E-state index in [1.165, 1.54) is 29.3 Å². The summed E-state index contributed by atoms with van der Waals surface area (Å²) in [6.45, 7) is 6.66. The highest BCUT2D eigenvalue weighted by molar-refractivity contribution is 7.93. The summed E-state index contributed by atoms with van der Waals surface area (Å²) in [5.41, 5.74) is 0.189. The molecule has 15 heteroatoms. The summed E-state index contributed by atoms with van der Waals surface area (Å²) in [5.74, 6) is -1.27. The number of rotatable bonds is 11. The molecule has 2 atom stereocenters. The van der Waals surface area contributed by atoms with Crippen molar-refractivity contribution in [2.24, 2.45) is 0 Å². The first-order valence-corrected chi connectivity index (χ1v) is 16.8. The topological polar surface area (TPSA) is 90.7 Å². The molecule has 1 aliphatic rings. The highest BCUT2D eigenvalue weighted by atomic mass is 35.5. The van der Waals surface area contributed by atoms with Gasteiger partial charge in [0, 0.05) is 40.6 Å². The standard InChI is InChI=1S/C33H35ClF4N5O4S/c1-32(2,3)48(5)47-11-10-46-29-13-21(34)6-7-25(29)30(41-22-14-23(16-24(15-22)45-4)43-19-39-18-40-43)31(44)42-9-8-20-12-27(35)26(17-28(20)42)33(36,37)38/h6-7,12-19,30,41H,8-11H2,1-5H3/q+1. The third-order valence-electron chi connectivity index (χ3n) is 7.75. The monoisotopic (exact) mass is 708 g/mol. The summed E-state index contributed by atoms with van der Waals surface area (Å²) in [4.78, 5) is 19.7. The largest absolute Gasteiger partial charge is 0.497 e. The van der Waals surface area contributed by atoms with Gasteiger partial charge in [-0.3, -0.25) is 4.79 Å². The second kappa shape index (κ2) is 14.2. The molecule has 0 fully saturated rings. The van der Waals surface area contributed by atoms with Crippen molar-refractivity contribution in [3.05, 3.63) is 88.7 Å². The number of methoxy groups -OCH3 is 1. The van der Waals surface area contributed by atoms with Gasteiger partial charge in [0.05, 0.1) is 18.4 Å². The Morgan fingerprint density at radius 2 is 1.88 bits per heavy atom. The van der Waals surface area contributed by atoms with E-state index >= 15 is 0 Å². The van der Waals surface area contributed by atoms with Gasteiger partial charge in [0.2, 0.25) is 0 Å². The van der Waals surface area contributed by atoms with Crippen LogP contribution in [0.4, 0.5) is 28.9 Å². The number of anilines is 2. The zero-order valence-corrected chi connectivity index (χ0v) is 28.5. The maximum Gasteiger partial charge on any atom is 0.419 e. The number of hydrogen-bond donors (Lipinski definition) is 1. The molecule has 9 nitrogen and oxygen atoms in total. The third-order valence-corrected chi connectivity index (χ3v) is 10.2. The molecular weight excluding hydrogens is 674 g/mol. The second-order valence-corrected chi connectivity index (χ2v) is 14.8. The van der Waals surface area contributed by atoms with E-state index in [4.69, 9.17) is 25.3 Å². The number of carbonyl (C=O) groups excluding carboxylic acids is 1. The Morgan fingerprint density at radius 3 is 2.54 bits per heavy atom. The van der Waals surface area contributed by atoms with Gasteiger partial charge < -0.3 is 19.7 Å². The van der Waals surface area contributed by atoms with Gasteiger partial charge in [0.15, 0.2) is 4.75 Å². The fourth-order valence-corrected chi connectivity index (χ4v) is 5.90. The fraction of sp³-hybridized carbons (Fsp3) is 0.364. The van der Waals surface area contributed by atoms with Crippen LogP contribution in [0.1, 0.15) is 43.5 Å². The van der Waals surface area contributed by atoms with E-state index in [0.29, 0.717) is 39.3 Å². The van der Waals surface area contributed by atoms with Crippen LogP contribution in [0.25, 0.3) is 5.69 Å². The maximum absolute atomic E-state index is 14.5. The number of carbonyl (C=O) groups is 1. The number of halogens is 5. The Bertz CT molecular complexity index is 1770. The zero-order valence-electron chi connectivity index (χ0n) is 26.9. The maximum atomic E-state index is 14.5. The number of fused-ring (bicyclic) bond motifs is 1. The van der Waals surface area contributed by atoms with E-state index in [-0.39, 0.29) is 53.5 Å². The molecule has 3 aromatic carbocycles. The van der Waals surface area contributed by atoms with Crippen molar-refractivity contribution < 1.29 is 36.0 Å². The summed E-state index contributed by atoms with van der Waals surface area (Å²) in [5, 5.41) is 7.76. The summed E-state index contributed by atoms with van der Waals surface area (Å²) >= 11 is 6.01. The molecule has 1 aromatic heterocycles. The van der Waals surface area contributed by atoms with Crippen LogP contribution < -0.4 is 19.7 Å². The minimum absolute atomic E-state index is 0.0172. The van der Waals surface area contributed by atoms with Gasteiger partial charge >= 0.3 is 6.18 Å². The molecular formula is C33H35ClF4N5O4S+. The van der Waals surface area contributed by atoms with E-state index < -0.39 is 29.5 Å². The van der Waals surface area contributed by atoms with Gasteiger partial charge in [-0.2, -0.15) is 22.5 Å². The molecule has 5 rings (SSSR count). The minimum atomic E-state index is -4.95. The molecule has 2 heterocycles. The molecule has 4 aromatic rings. The molecule has 1 amide bonds. The van der Waals surface area contributed by atoms with Crippen LogP contribution in [0.15, 0.2) is 61.2 Å². The van der Waals surface area contributed by atoms with Crippen LogP contribution in [0.5, 0.6) is 11.5 Å². The summed E-state index contributed by atoms with van der Waals surface area (Å²) in [7, 11) is 1.49.